The molecule has 1 aliphatic heterocycles. The Balaban J connectivity index is 2.15. The molecular weight excluding hydrogens is 363 g/mol. The monoisotopic (exact) mass is 383 g/mol. The van der Waals surface area contributed by atoms with Crippen LogP contribution in [0, 0.1) is 5.41 Å². The highest BCUT2D eigenvalue weighted by Gasteiger charge is 2.54. The van der Waals surface area contributed by atoms with Gasteiger partial charge in [0.15, 0.2) is 0 Å². The molecule has 0 fully saturated rings. The predicted octanol–water partition coefficient (Wildman–Crippen LogP) is 5.63. The number of benzene rings is 1. The van der Waals surface area contributed by atoms with Gasteiger partial charge >= 0.3 is 6.18 Å². The molecule has 0 spiro atoms. The number of para-hydroxylation sites is 1. The highest BCUT2D eigenvalue weighted by Crippen LogP contribution is 2.48. The van der Waals surface area contributed by atoms with Crippen LogP contribution in [-0.4, -0.2) is 22.0 Å². The van der Waals surface area contributed by atoms with Crippen LogP contribution in [0.2, 0.25) is 5.15 Å². The van der Waals surface area contributed by atoms with Crippen molar-refractivity contribution in [1.29, 1.82) is 0 Å². The van der Waals surface area contributed by atoms with Gasteiger partial charge in [0.05, 0.1) is 23.7 Å². The Kier molecular flexibility index (Phi) is 4.59. The number of rotatable bonds is 3. The fourth-order valence-corrected chi connectivity index (χ4v) is 3.63. The summed E-state index contributed by atoms with van der Waals surface area (Å²) in [6.45, 7) is 4.33. The predicted molar refractivity (Wildman–Crippen MR) is 98.2 cm³/mol. The number of nitrogens with zero attached hydrogens (tertiary/aromatic N) is 3. The fourth-order valence-electron chi connectivity index (χ4n) is 3.38. The fraction of sp³-hybridized carbons (Fsp3) is 0.421. The van der Waals surface area contributed by atoms with Crippen molar-refractivity contribution in [1.82, 2.24) is 9.78 Å². The van der Waals surface area contributed by atoms with E-state index in [4.69, 9.17) is 11.6 Å². The molecule has 1 unspecified atom stereocenters. The summed E-state index contributed by atoms with van der Waals surface area (Å²) in [7, 11) is 1.71. The Labute approximate surface area is 156 Å². The van der Waals surface area contributed by atoms with Gasteiger partial charge in [-0.25, -0.2) is 0 Å². The molecular formula is C19H21ClF3N3. The second kappa shape index (κ2) is 6.34. The summed E-state index contributed by atoms with van der Waals surface area (Å²) in [6.07, 6.45) is 0.661. The lowest BCUT2D eigenvalue weighted by Crippen LogP contribution is -2.53. The lowest BCUT2D eigenvalue weighted by Gasteiger charge is -2.47. The van der Waals surface area contributed by atoms with E-state index in [1.54, 1.807) is 30.3 Å². The number of alkyl halides is 3. The first kappa shape index (κ1) is 18.8. The zero-order valence-corrected chi connectivity index (χ0v) is 15.8. The first-order valence-corrected chi connectivity index (χ1v) is 8.73. The lowest BCUT2D eigenvalue weighted by molar-refractivity contribution is -0.215. The molecule has 140 valence electrons. The molecule has 7 heteroatoms. The van der Waals surface area contributed by atoms with Gasteiger partial charge in [0.2, 0.25) is 0 Å². The van der Waals surface area contributed by atoms with E-state index >= 15 is 0 Å². The SMILES string of the molecule is CC(c1cnn(C)c1Cl)N1c2ccccc2C=C[C@H]1C(C)(C)C(F)(F)F. The molecule has 0 amide bonds. The van der Waals surface area contributed by atoms with Crippen molar-refractivity contribution in [3.8, 4) is 0 Å². The quantitative estimate of drug-likeness (QED) is 0.685. The second-order valence-electron chi connectivity index (χ2n) is 7.18. The van der Waals surface area contributed by atoms with Gasteiger partial charge in [-0.15, -0.1) is 0 Å². The number of fused-ring (bicyclic) bond motifs is 1. The Morgan fingerprint density at radius 1 is 1.19 bits per heavy atom. The first-order chi connectivity index (χ1) is 12.1. The van der Waals surface area contributed by atoms with Crippen molar-refractivity contribution in [2.45, 2.75) is 39.0 Å². The zero-order valence-electron chi connectivity index (χ0n) is 15.0. The molecule has 1 aliphatic rings. The highest BCUT2D eigenvalue weighted by atomic mass is 35.5. The van der Waals surface area contributed by atoms with Gasteiger partial charge in [0.25, 0.3) is 0 Å². The summed E-state index contributed by atoms with van der Waals surface area (Å²) in [5.41, 5.74) is 0.389. The minimum Gasteiger partial charge on any atom is -0.357 e. The van der Waals surface area contributed by atoms with Crippen LogP contribution in [0.15, 0.2) is 36.5 Å². The van der Waals surface area contributed by atoms with Crippen molar-refractivity contribution < 1.29 is 13.2 Å². The van der Waals surface area contributed by atoms with Gasteiger partial charge in [0, 0.05) is 18.3 Å². The van der Waals surface area contributed by atoms with Crippen LogP contribution in [0.5, 0.6) is 0 Å². The number of hydrogen-bond donors (Lipinski definition) is 0. The summed E-state index contributed by atoms with van der Waals surface area (Å²) in [4.78, 5) is 1.80. The number of anilines is 1. The average Bonchev–Trinajstić information content (AvgIpc) is 2.91. The van der Waals surface area contributed by atoms with E-state index < -0.39 is 17.6 Å². The van der Waals surface area contributed by atoms with Crippen molar-refractivity contribution in [2.24, 2.45) is 12.5 Å². The van der Waals surface area contributed by atoms with Gasteiger partial charge in [-0.05, 0) is 32.4 Å². The highest BCUT2D eigenvalue weighted by molar-refractivity contribution is 6.30. The van der Waals surface area contributed by atoms with Crippen LogP contribution in [0.25, 0.3) is 6.08 Å². The summed E-state index contributed by atoms with van der Waals surface area (Å²) < 4.78 is 43.0. The molecule has 0 radical (unpaired) electrons. The van der Waals surface area contributed by atoms with Crippen molar-refractivity contribution in [3.05, 3.63) is 52.8 Å². The maximum Gasteiger partial charge on any atom is 0.396 e. The number of hydrogen-bond acceptors (Lipinski definition) is 2. The third-order valence-corrected chi connectivity index (χ3v) is 5.67. The third-order valence-electron chi connectivity index (χ3n) is 5.20. The first-order valence-electron chi connectivity index (χ1n) is 8.35. The van der Waals surface area contributed by atoms with E-state index in [-0.39, 0.29) is 6.04 Å². The minimum atomic E-state index is -4.36. The molecule has 2 atom stereocenters. The lowest BCUT2D eigenvalue weighted by atomic mass is 9.79. The molecule has 0 aliphatic carbocycles. The molecule has 0 saturated carbocycles. The minimum absolute atomic E-state index is 0.381. The Morgan fingerprint density at radius 3 is 2.42 bits per heavy atom. The zero-order chi connectivity index (χ0) is 19.3. The van der Waals surface area contributed by atoms with E-state index in [0.29, 0.717) is 10.7 Å². The van der Waals surface area contributed by atoms with Gasteiger partial charge < -0.3 is 4.90 Å². The summed E-state index contributed by atoms with van der Waals surface area (Å²) in [5, 5.41) is 4.57. The van der Waals surface area contributed by atoms with Gasteiger partial charge in [-0.1, -0.05) is 42.0 Å². The number of halogens is 4. The van der Waals surface area contributed by atoms with E-state index in [1.165, 1.54) is 18.5 Å². The third kappa shape index (κ3) is 2.90. The summed E-state index contributed by atoms with van der Waals surface area (Å²) in [5.74, 6) is 0. The standard InChI is InChI=1S/C19H21ClF3N3/c1-12(14-11-24-25(4)17(14)20)26-15-8-6-5-7-13(15)9-10-16(26)18(2,3)19(21,22)23/h5-12,16H,1-4H3/t12?,16-/m0/s1. The van der Waals surface area contributed by atoms with Crippen molar-refractivity contribution in [3.63, 3.8) is 0 Å². The smallest absolute Gasteiger partial charge is 0.357 e. The van der Waals surface area contributed by atoms with Gasteiger partial charge in [-0.2, -0.15) is 18.3 Å². The van der Waals surface area contributed by atoms with Crippen LogP contribution in [0.3, 0.4) is 0 Å². The molecule has 2 heterocycles. The number of aromatic nitrogens is 2. The molecule has 0 saturated heterocycles. The Morgan fingerprint density at radius 2 is 1.85 bits per heavy atom. The number of aryl methyl sites for hydroxylation is 1. The summed E-state index contributed by atoms with van der Waals surface area (Å²) >= 11 is 6.34. The van der Waals surface area contributed by atoms with Crippen molar-refractivity contribution in [2.75, 3.05) is 4.90 Å². The van der Waals surface area contributed by atoms with Crippen molar-refractivity contribution >= 4 is 23.4 Å². The van der Waals surface area contributed by atoms with E-state index in [9.17, 15) is 13.2 Å². The van der Waals surface area contributed by atoms with Gasteiger partial charge in [-0.3, -0.25) is 4.68 Å². The molecule has 1 aromatic heterocycles. The molecule has 0 N–H and O–H groups in total. The van der Waals surface area contributed by atoms with Crippen LogP contribution >= 0.6 is 11.6 Å². The van der Waals surface area contributed by atoms with Crippen LogP contribution < -0.4 is 4.90 Å². The van der Waals surface area contributed by atoms with Crippen LogP contribution in [0.1, 0.15) is 37.9 Å². The summed E-state index contributed by atoms with van der Waals surface area (Å²) in [6, 6.07) is 6.20. The Bertz CT molecular complexity index is 839. The maximum atomic E-state index is 13.8. The van der Waals surface area contributed by atoms with E-state index in [1.807, 2.05) is 31.2 Å². The molecule has 2 aromatic rings. The van der Waals surface area contributed by atoms with E-state index in [0.717, 1.165) is 11.3 Å². The second-order valence-corrected chi connectivity index (χ2v) is 7.54. The normalized spacial score (nSPS) is 18.8. The topological polar surface area (TPSA) is 21.1 Å². The average molecular weight is 384 g/mol. The molecule has 1 aromatic carbocycles. The van der Waals surface area contributed by atoms with Crippen LogP contribution in [-0.2, 0) is 7.05 Å². The molecule has 26 heavy (non-hydrogen) atoms. The Hall–Kier alpha value is -1.95. The largest absolute Gasteiger partial charge is 0.396 e. The van der Waals surface area contributed by atoms with E-state index in [2.05, 4.69) is 5.10 Å². The van der Waals surface area contributed by atoms with Crippen LogP contribution in [0.4, 0.5) is 18.9 Å². The molecule has 0 bridgehead atoms. The molecule has 3 nitrogen and oxygen atoms in total. The maximum absolute atomic E-state index is 13.8. The van der Waals surface area contributed by atoms with Gasteiger partial charge in [0.1, 0.15) is 5.15 Å². The molecule has 3 rings (SSSR count).